The SMILES string of the molecule is CC(C)c1cccc2c(=O)cc(N3CCOCC3)oc12. The van der Waals surface area contributed by atoms with Crippen molar-refractivity contribution in [2.24, 2.45) is 0 Å². The lowest BCUT2D eigenvalue weighted by Crippen LogP contribution is -2.36. The smallest absolute Gasteiger partial charge is 0.200 e. The fraction of sp³-hybridized carbons (Fsp3) is 0.438. The van der Waals surface area contributed by atoms with Crippen LogP contribution in [-0.2, 0) is 4.74 Å². The fourth-order valence-electron chi connectivity index (χ4n) is 2.58. The highest BCUT2D eigenvalue weighted by molar-refractivity contribution is 5.81. The molecule has 0 N–H and O–H groups in total. The number of para-hydroxylation sites is 1. The monoisotopic (exact) mass is 273 g/mol. The van der Waals surface area contributed by atoms with E-state index in [4.69, 9.17) is 9.15 Å². The molecule has 2 aromatic rings. The molecule has 4 nitrogen and oxygen atoms in total. The summed E-state index contributed by atoms with van der Waals surface area (Å²) in [6.07, 6.45) is 0. The van der Waals surface area contributed by atoms with Gasteiger partial charge in [-0.1, -0.05) is 26.0 Å². The molecule has 3 rings (SSSR count). The van der Waals surface area contributed by atoms with E-state index in [1.54, 1.807) is 6.07 Å². The summed E-state index contributed by atoms with van der Waals surface area (Å²) in [7, 11) is 0. The van der Waals surface area contributed by atoms with Gasteiger partial charge in [0.2, 0.25) is 0 Å². The number of rotatable bonds is 2. The van der Waals surface area contributed by atoms with E-state index in [1.165, 1.54) is 0 Å². The second-order valence-corrected chi connectivity index (χ2v) is 5.43. The number of fused-ring (bicyclic) bond motifs is 1. The number of hydrogen-bond acceptors (Lipinski definition) is 4. The van der Waals surface area contributed by atoms with Gasteiger partial charge >= 0.3 is 0 Å². The van der Waals surface area contributed by atoms with Crippen LogP contribution in [0.25, 0.3) is 11.0 Å². The summed E-state index contributed by atoms with van der Waals surface area (Å²) in [4.78, 5) is 14.4. The molecule has 1 aliphatic heterocycles. The Labute approximate surface area is 118 Å². The number of hydrogen-bond donors (Lipinski definition) is 0. The van der Waals surface area contributed by atoms with E-state index in [0.717, 1.165) is 24.2 Å². The van der Waals surface area contributed by atoms with Crippen LogP contribution in [0.1, 0.15) is 25.3 Å². The van der Waals surface area contributed by atoms with E-state index in [9.17, 15) is 4.79 Å². The maximum absolute atomic E-state index is 12.3. The van der Waals surface area contributed by atoms with Crippen LogP contribution in [-0.4, -0.2) is 26.3 Å². The molecule has 0 bridgehead atoms. The van der Waals surface area contributed by atoms with Crippen molar-refractivity contribution in [3.05, 3.63) is 40.1 Å². The van der Waals surface area contributed by atoms with Crippen molar-refractivity contribution in [2.75, 3.05) is 31.2 Å². The molecule has 0 spiro atoms. The molecule has 0 unspecified atom stereocenters. The lowest BCUT2D eigenvalue weighted by atomic mass is 10.0. The highest BCUT2D eigenvalue weighted by Crippen LogP contribution is 2.27. The van der Waals surface area contributed by atoms with Gasteiger partial charge in [0.15, 0.2) is 11.3 Å². The summed E-state index contributed by atoms with van der Waals surface area (Å²) < 4.78 is 11.4. The highest BCUT2D eigenvalue weighted by atomic mass is 16.5. The van der Waals surface area contributed by atoms with Gasteiger partial charge < -0.3 is 14.1 Å². The Morgan fingerprint density at radius 3 is 2.65 bits per heavy atom. The highest BCUT2D eigenvalue weighted by Gasteiger charge is 2.17. The van der Waals surface area contributed by atoms with Crippen molar-refractivity contribution in [1.82, 2.24) is 0 Å². The summed E-state index contributed by atoms with van der Waals surface area (Å²) in [6.45, 7) is 7.09. The Balaban J connectivity index is 2.16. The molecule has 1 aromatic carbocycles. The van der Waals surface area contributed by atoms with E-state index < -0.39 is 0 Å². The van der Waals surface area contributed by atoms with Crippen molar-refractivity contribution >= 4 is 16.9 Å². The minimum atomic E-state index is 0.0234. The maximum Gasteiger partial charge on any atom is 0.200 e. The molecule has 0 atom stereocenters. The minimum absolute atomic E-state index is 0.0234. The van der Waals surface area contributed by atoms with Crippen LogP contribution in [0.2, 0.25) is 0 Å². The largest absolute Gasteiger partial charge is 0.440 e. The summed E-state index contributed by atoms with van der Waals surface area (Å²) in [5.41, 5.74) is 1.82. The first kappa shape index (κ1) is 13.2. The summed E-state index contributed by atoms with van der Waals surface area (Å²) in [5, 5.41) is 0.660. The zero-order valence-corrected chi connectivity index (χ0v) is 11.9. The van der Waals surface area contributed by atoms with Crippen molar-refractivity contribution in [3.8, 4) is 0 Å². The molecule has 0 saturated carbocycles. The molecule has 20 heavy (non-hydrogen) atoms. The number of nitrogens with zero attached hydrogens (tertiary/aromatic N) is 1. The summed E-state index contributed by atoms with van der Waals surface area (Å²) in [6, 6.07) is 7.37. The molecule has 1 aliphatic rings. The molecular weight excluding hydrogens is 254 g/mol. The number of benzene rings is 1. The fourth-order valence-corrected chi connectivity index (χ4v) is 2.58. The molecule has 1 fully saturated rings. The Hall–Kier alpha value is -1.81. The van der Waals surface area contributed by atoms with Gasteiger partial charge in [-0.3, -0.25) is 4.79 Å². The Kier molecular flexibility index (Phi) is 3.49. The van der Waals surface area contributed by atoms with Crippen molar-refractivity contribution in [3.63, 3.8) is 0 Å². The first-order chi connectivity index (χ1) is 9.66. The predicted molar refractivity (Wildman–Crippen MR) is 79.6 cm³/mol. The lowest BCUT2D eigenvalue weighted by molar-refractivity contribution is 0.121. The molecule has 1 saturated heterocycles. The van der Waals surface area contributed by atoms with Crippen LogP contribution in [0.15, 0.2) is 33.5 Å². The molecule has 1 aromatic heterocycles. The molecule has 2 heterocycles. The average Bonchev–Trinajstić information content (AvgIpc) is 2.47. The number of ether oxygens (including phenoxy) is 1. The van der Waals surface area contributed by atoms with Crippen LogP contribution in [0.4, 0.5) is 5.88 Å². The van der Waals surface area contributed by atoms with E-state index in [2.05, 4.69) is 18.7 Å². The van der Waals surface area contributed by atoms with Crippen LogP contribution >= 0.6 is 0 Å². The van der Waals surface area contributed by atoms with Gasteiger partial charge in [-0.15, -0.1) is 0 Å². The van der Waals surface area contributed by atoms with Gasteiger partial charge in [0.05, 0.1) is 18.6 Å². The second kappa shape index (κ2) is 5.29. The van der Waals surface area contributed by atoms with E-state index in [0.29, 0.717) is 30.4 Å². The lowest BCUT2D eigenvalue weighted by Gasteiger charge is -2.27. The molecule has 0 radical (unpaired) electrons. The molecule has 0 amide bonds. The number of morpholine rings is 1. The van der Waals surface area contributed by atoms with Crippen LogP contribution in [0.3, 0.4) is 0 Å². The van der Waals surface area contributed by atoms with Gasteiger partial charge in [-0.25, -0.2) is 0 Å². The standard InChI is InChI=1S/C16H19NO3/c1-11(2)12-4-3-5-13-14(18)10-15(20-16(12)13)17-6-8-19-9-7-17/h3-5,10-11H,6-9H2,1-2H3. The third-order valence-corrected chi connectivity index (χ3v) is 3.72. The van der Waals surface area contributed by atoms with Crippen molar-refractivity contribution in [1.29, 1.82) is 0 Å². The van der Waals surface area contributed by atoms with Gasteiger partial charge in [-0.2, -0.15) is 0 Å². The molecule has 0 aliphatic carbocycles. The number of anilines is 1. The third kappa shape index (κ3) is 2.31. The first-order valence-corrected chi connectivity index (χ1v) is 7.06. The maximum atomic E-state index is 12.3. The van der Waals surface area contributed by atoms with E-state index >= 15 is 0 Å². The topological polar surface area (TPSA) is 42.7 Å². The minimum Gasteiger partial charge on any atom is -0.440 e. The Bertz CT molecular complexity index is 669. The normalized spacial score (nSPS) is 16.1. The average molecular weight is 273 g/mol. The zero-order chi connectivity index (χ0) is 14.1. The van der Waals surface area contributed by atoms with Crippen molar-refractivity contribution < 1.29 is 9.15 Å². The van der Waals surface area contributed by atoms with Gasteiger partial charge in [-0.05, 0) is 17.5 Å². The van der Waals surface area contributed by atoms with E-state index in [1.807, 2.05) is 18.2 Å². The quantitative estimate of drug-likeness (QED) is 0.844. The Morgan fingerprint density at radius 2 is 1.95 bits per heavy atom. The van der Waals surface area contributed by atoms with Crippen LogP contribution in [0, 0.1) is 0 Å². The second-order valence-electron chi connectivity index (χ2n) is 5.43. The van der Waals surface area contributed by atoms with Crippen molar-refractivity contribution in [2.45, 2.75) is 19.8 Å². The van der Waals surface area contributed by atoms with Gasteiger partial charge in [0, 0.05) is 19.2 Å². The van der Waals surface area contributed by atoms with Crippen LogP contribution in [0.5, 0.6) is 0 Å². The Morgan fingerprint density at radius 1 is 1.20 bits per heavy atom. The molecule has 106 valence electrons. The summed E-state index contributed by atoms with van der Waals surface area (Å²) in [5.74, 6) is 0.973. The molecular formula is C16H19NO3. The van der Waals surface area contributed by atoms with E-state index in [-0.39, 0.29) is 5.43 Å². The van der Waals surface area contributed by atoms with Gasteiger partial charge in [0.1, 0.15) is 5.58 Å². The summed E-state index contributed by atoms with van der Waals surface area (Å²) >= 11 is 0. The van der Waals surface area contributed by atoms with Gasteiger partial charge in [0.25, 0.3) is 0 Å². The third-order valence-electron chi connectivity index (χ3n) is 3.72. The predicted octanol–water partition coefficient (Wildman–Crippen LogP) is 2.75. The van der Waals surface area contributed by atoms with Crippen LogP contribution < -0.4 is 10.3 Å². The first-order valence-electron chi connectivity index (χ1n) is 7.06. The molecule has 4 heteroatoms. The zero-order valence-electron chi connectivity index (χ0n) is 11.9.